The van der Waals surface area contributed by atoms with Gasteiger partial charge in [-0.15, -0.1) is 12.3 Å². The summed E-state index contributed by atoms with van der Waals surface area (Å²) in [7, 11) is 0. The molecular weight excluding hydrogens is 148 g/mol. The summed E-state index contributed by atoms with van der Waals surface area (Å²) in [5, 5.41) is 10.0. The third-order valence-corrected chi connectivity index (χ3v) is 2.78. The Morgan fingerprint density at radius 2 is 1.83 bits per heavy atom. The Bertz CT molecular complexity index is 172. The number of rotatable bonds is 4. The zero-order valence-electron chi connectivity index (χ0n) is 8.65. The van der Waals surface area contributed by atoms with Crippen LogP contribution in [0.15, 0.2) is 0 Å². The standard InChI is InChI=1S/C11H20O/c1-6-8-10(3,4)11(5,12)9-7-2/h2,12H,6,8-9H2,1,3-5H3. The lowest BCUT2D eigenvalue weighted by atomic mass is 9.71. The average molecular weight is 168 g/mol. The molecule has 0 saturated heterocycles. The van der Waals surface area contributed by atoms with E-state index in [1.807, 2.05) is 6.92 Å². The van der Waals surface area contributed by atoms with E-state index in [1.54, 1.807) is 0 Å². The molecular formula is C11H20O. The van der Waals surface area contributed by atoms with E-state index < -0.39 is 5.60 Å². The van der Waals surface area contributed by atoms with Gasteiger partial charge in [-0.2, -0.15) is 0 Å². The van der Waals surface area contributed by atoms with Crippen molar-refractivity contribution in [3.63, 3.8) is 0 Å². The van der Waals surface area contributed by atoms with E-state index in [0.717, 1.165) is 12.8 Å². The van der Waals surface area contributed by atoms with Crippen molar-refractivity contribution in [1.29, 1.82) is 0 Å². The largest absolute Gasteiger partial charge is 0.389 e. The van der Waals surface area contributed by atoms with E-state index in [0.29, 0.717) is 6.42 Å². The molecule has 0 amide bonds. The molecule has 1 unspecified atom stereocenters. The molecule has 0 bridgehead atoms. The number of terminal acetylenes is 1. The van der Waals surface area contributed by atoms with E-state index in [4.69, 9.17) is 6.42 Å². The molecule has 0 rings (SSSR count). The van der Waals surface area contributed by atoms with Gasteiger partial charge in [0.15, 0.2) is 0 Å². The lowest BCUT2D eigenvalue weighted by Gasteiger charge is -2.39. The molecule has 0 aromatic rings. The Hall–Kier alpha value is -0.480. The smallest absolute Gasteiger partial charge is 0.0778 e. The molecule has 0 fully saturated rings. The highest BCUT2D eigenvalue weighted by atomic mass is 16.3. The van der Waals surface area contributed by atoms with Crippen LogP contribution in [0.1, 0.15) is 47.0 Å². The van der Waals surface area contributed by atoms with Gasteiger partial charge in [0.1, 0.15) is 0 Å². The Morgan fingerprint density at radius 3 is 2.17 bits per heavy atom. The summed E-state index contributed by atoms with van der Waals surface area (Å²) in [6.45, 7) is 8.07. The van der Waals surface area contributed by atoms with Crippen LogP contribution in [0, 0.1) is 17.8 Å². The van der Waals surface area contributed by atoms with Crippen molar-refractivity contribution in [1.82, 2.24) is 0 Å². The van der Waals surface area contributed by atoms with E-state index in [1.165, 1.54) is 0 Å². The van der Waals surface area contributed by atoms with Crippen LogP contribution in [0.3, 0.4) is 0 Å². The first-order valence-electron chi connectivity index (χ1n) is 4.53. The van der Waals surface area contributed by atoms with Gasteiger partial charge in [-0.3, -0.25) is 0 Å². The first-order chi connectivity index (χ1) is 5.37. The molecule has 0 saturated carbocycles. The van der Waals surface area contributed by atoms with Gasteiger partial charge in [0.25, 0.3) is 0 Å². The second-order valence-electron chi connectivity index (χ2n) is 4.29. The van der Waals surface area contributed by atoms with Gasteiger partial charge in [-0.05, 0) is 18.8 Å². The maximum absolute atomic E-state index is 10.0. The van der Waals surface area contributed by atoms with Crippen molar-refractivity contribution in [2.75, 3.05) is 0 Å². The predicted octanol–water partition coefficient (Wildman–Crippen LogP) is 2.59. The predicted molar refractivity (Wildman–Crippen MR) is 52.8 cm³/mol. The van der Waals surface area contributed by atoms with Gasteiger partial charge < -0.3 is 5.11 Å². The summed E-state index contributed by atoms with van der Waals surface area (Å²) >= 11 is 0. The lowest BCUT2D eigenvalue weighted by Crippen LogP contribution is -2.41. The molecule has 0 radical (unpaired) electrons. The summed E-state index contributed by atoms with van der Waals surface area (Å²) < 4.78 is 0. The molecule has 0 spiro atoms. The van der Waals surface area contributed by atoms with Gasteiger partial charge in [0, 0.05) is 6.42 Å². The Labute approximate surface area is 76.2 Å². The minimum atomic E-state index is -0.738. The quantitative estimate of drug-likeness (QED) is 0.640. The van der Waals surface area contributed by atoms with Crippen LogP contribution in [0.5, 0.6) is 0 Å². The molecule has 1 nitrogen and oxygen atoms in total. The first kappa shape index (κ1) is 11.5. The molecule has 0 aliphatic rings. The van der Waals surface area contributed by atoms with Gasteiger partial charge in [-0.1, -0.05) is 27.2 Å². The summed E-state index contributed by atoms with van der Waals surface area (Å²) in [5.74, 6) is 2.52. The van der Waals surface area contributed by atoms with Crippen LogP contribution < -0.4 is 0 Å². The average Bonchev–Trinajstić information content (AvgIpc) is 1.86. The Kier molecular flexibility index (Phi) is 3.80. The van der Waals surface area contributed by atoms with Crippen molar-refractivity contribution in [2.45, 2.75) is 52.6 Å². The van der Waals surface area contributed by atoms with Gasteiger partial charge in [-0.25, -0.2) is 0 Å². The lowest BCUT2D eigenvalue weighted by molar-refractivity contribution is -0.0515. The van der Waals surface area contributed by atoms with Crippen molar-refractivity contribution in [3.8, 4) is 12.3 Å². The normalized spacial score (nSPS) is 16.7. The molecule has 0 aliphatic carbocycles. The van der Waals surface area contributed by atoms with Crippen LogP contribution >= 0.6 is 0 Å². The van der Waals surface area contributed by atoms with Crippen LogP contribution in [0.4, 0.5) is 0 Å². The summed E-state index contributed by atoms with van der Waals surface area (Å²) in [6.07, 6.45) is 7.71. The molecule has 70 valence electrons. The zero-order valence-corrected chi connectivity index (χ0v) is 8.65. The minimum Gasteiger partial charge on any atom is -0.389 e. The van der Waals surface area contributed by atoms with Crippen LogP contribution in [-0.4, -0.2) is 10.7 Å². The van der Waals surface area contributed by atoms with Crippen molar-refractivity contribution in [3.05, 3.63) is 0 Å². The van der Waals surface area contributed by atoms with Gasteiger partial charge in [0.2, 0.25) is 0 Å². The SMILES string of the molecule is C#CCC(C)(O)C(C)(C)CCC. The highest BCUT2D eigenvalue weighted by Gasteiger charge is 2.37. The fourth-order valence-corrected chi connectivity index (χ4v) is 1.33. The molecule has 0 aliphatic heterocycles. The van der Waals surface area contributed by atoms with Gasteiger partial charge >= 0.3 is 0 Å². The third-order valence-electron chi connectivity index (χ3n) is 2.78. The van der Waals surface area contributed by atoms with Crippen molar-refractivity contribution < 1.29 is 5.11 Å². The van der Waals surface area contributed by atoms with E-state index in [-0.39, 0.29) is 5.41 Å². The highest BCUT2D eigenvalue weighted by molar-refractivity contribution is 4.99. The monoisotopic (exact) mass is 168 g/mol. The fourth-order valence-electron chi connectivity index (χ4n) is 1.33. The molecule has 12 heavy (non-hydrogen) atoms. The molecule has 1 atom stereocenters. The third kappa shape index (κ3) is 2.53. The van der Waals surface area contributed by atoms with E-state index in [2.05, 4.69) is 26.7 Å². The maximum Gasteiger partial charge on any atom is 0.0778 e. The number of hydrogen-bond acceptors (Lipinski definition) is 1. The zero-order chi connectivity index (χ0) is 9.83. The number of aliphatic hydroxyl groups is 1. The first-order valence-corrected chi connectivity index (χ1v) is 4.53. The van der Waals surface area contributed by atoms with E-state index >= 15 is 0 Å². The summed E-state index contributed by atoms with van der Waals surface area (Å²) in [4.78, 5) is 0. The van der Waals surface area contributed by atoms with Crippen molar-refractivity contribution in [2.24, 2.45) is 5.41 Å². The maximum atomic E-state index is 10.0. The Balaban J connectivity index is 4.41. The molecule has 0 heterocycles. The topological polar surface area (TPSA) is 20.2 Å². The molecule has 0 aromatic carbocycles. The summed E-state index contributed by atoms with van der Waals surface area (Å²) in [6, 6.07) is 0. The van der Waals surface area contributed by atoms with Crippen LogP contribution in [0.25, 0.3) is 0 Å². The number of hydrogen-bond donors (Lipinski definition) is 1. The van der Waals surface area contributed by atoms with Crippen LogP contribution in [0.2, 0.25) is 0 Å². The molecule has 0 aromatic heterocycles. The van der Waals surface area contributed by atoms with Crippen molar-refractivity contribution >= 4 is 0 Å². The second kappa shape index (κ2) is 3.96. The highest BCUT2D eigenvalue weighted by Crippen LogP contribution is 2.37. The minimum absolute atomic E-state index is 0.0892. The van der Waals surface area contributed by atoms with E-state index in [9.17, 15) is 5.11 Å². The second-order valence-corrected chi connectivity index (χ2v) is 4.29. The van der Waals surface area contributed by atoms with Crippen LogP contribution in [-0.2, 0) is 0 Å². The Morgan fingerprint density at radius 1 is 1.33 bits per heavy atom. The summed E-state index contributed by atoms with van der Waals surface area (Å²) in [5.41, 5.74) is -0.827. The molecule has 1 heteroatoms. The fraction of sp³-hybridized carbons (Fsp3) is 0.818. The molecule has 1 N–H and O–H groups in total. The van der Waals surface area contributed by atoms with Gasteiger partial charge in [0.05, 0.1) is 5.60 Å².